The van der Waals surface area contributed by atoms with Gasteiger partial charge in [-0.25, -0.2) is 23.1 Å². The highest BCUT2D eigenvalue weighted by molar-refractivity contribution is 6.01. The fourth-order valence-corrected chi connectivity index (χ4v) is 6.95. The highest BCUT2D eigenvalue weighted by Gasteiger charge is 2.21. The van der Waals surface area contributed by atoms with Gasteiger partial charge in [0.15, 0.2) is 29.8 Å². The molecule has 0 aliphatic heterocycles. The molecule has 4 aromatic carbocycles. The van der Waals surface area contributed by atoms with Gasteiger partial charge in [-0.15, -0.1) is 0 Å². The first kappa shape index (κ1) is 47.8. The highest BCUT2D eigenvalue weighted by Crippen LogP contribution is 2.38. The maximum Gasteiger partial charge on any atom is 0.253 e. The summed E-state index contributed by atoms with van der Waals surface area (Å²) in [6, 6.07) is 17.1. The van der Waals surface area contributed by atoms with Gasteiger partial charge in [0.25, 0.3) is 5.91 Å². The van der Waals surface area contributed by atoms with Crippen LogP contribution in [0.1, 0.15) is 0 Å². The molecule has 4 heterocycles. The zero-order valence-electron chi connectivity index (χ0n) is 38.4. The van der Waals surface area contributed by atoms with Crippen LogP contribution in [0.5, 0.6) is 17.2 Å². The molecule has 0 saturated heterocycles. The van der Waals surface area contributed by atoms with Crippen molar-refractivity contribution in [2.75, 3.05) is 52.4 Å². The number of methoxy groups -OCH3 is 2. The molecular formula is C49H43F3N14O5. The average Bonchev–Trinajstić information content (AvgIpc) is 3.98. The quantitative estimate of drug-likeness (QED) is 0.0378. The summed E-state index contributed by atoms with van der Waals surface area (Å²) in [5, 5.41) is 23.1. The number of nitrogens with zero attached hydrogens (tertiary/aromatic N) is 9. The van der Waals surface area contributed by atoms with Crippen molar-refractivity contribution in [3.8, 4) is 39.5 Å². The van der Waals surface area contributed by atoms with Crippen molar-refractivity contribution in [2.24, 2.45) is 14.1 Å². The standard InChI is InChI=1S/C49H43F3N14O5/c1-7-44(67)57-30-11-13-36(50)39(19-30)60-47-35(24-54-49(63-47)59-32-22-56-65(4)26-32)29-10-16-42(70-6)43(18-29)71-27-66(45(68)8-2)33-12-14-37(51)40(20-33)61-46-34(28-9-15-41(69-5)38(52)17-28)23-53-48(62-46)58-31-21-55-64(3)25-31/h7-26H,1-2,27H2,3-6H3,(H,57,67)(H2,53,58,61,62)(H2,54,59,60,63). The van der Waals surface area contributed by atoms with Crippen LogP contribution in [0.15, 0.2) is 135 Å². The molecule has 0 aliphatic rings. The number of carbonyl (C=O) groups is 2. The zero-order valence-corrected chi connectivity index (χ0v) is 38.4. The number of anilines is 10. The minimum absolute atomic E-state index is 0.0165. The first-order chi connectivity index (χ1) is 34.3. The van der Waals surface area contributed by atoms with Crippen molar-refractivity contribution >= 4 is 69.5 Å². The number of hydrogen-bond donors (Lipinski definition) is 5. The van der Waals surface area contributed by atoms with Gasteiger partial charge in [-0.3, -0.25) is 23.9 Å². The summed E-state index contributed by atoms with van der Waals surface area (Å²) in [4.78, 5) is 45.1. The van der Waals surface area contributed by atoms with Crippen LogP contribution in [0.3, 0.4) is 0 Å². The van der Waals surface area contributed by atoms with Gasteiger partial charge >= 0.3 is 0 Å². The van der Waals surface area contributed by atoms with E-state index >= 15 is 13.2 Å². The maximum absolute atomic E-state index is 15.9. The highest BCUT2D eigenvalue weighted by atomic mass is 19.1. The molecule has 360 valence electrons. The number of hydrogen-bond acceptors (Lipinski definition) is 15. The second-order valence-electron chi connectivity index (χ2n) is 15.2. The Kier molecular flexibility index (Phi) is 14.2. The van der Waals surface area contributed by atoms with E-state index in [4.69, 9.17) is 14.2 Å². The van der Waals surface area contributed by atoms with E-state index in [2.05, 4.69) is 69.9 Å². The molecule has 0 aliphatic carbocycles. The number of benzene rings is 4. The second-order valence-corrected chi connectivity index (χ2v) is 15.2. The Morgan fingerprint density at radius 2 is 1.20 bits per heavy atom. The molecule has 0 unspecified atom stereocenters. The Bertz CT molecular complexity index is 3310. The van der Waals surface area contributed by atoms with Crippen LogP contribution in [0.25, 0.3) is 22.3 Å². The Balaban J connectivity index is 1.11. The molecule has 8 aromatic rings. The van der Waals surface area contributed by atoms with Gasteiger partial charge in [-0.2, -0.15) is 20.2 Å². The van der Waals surface area contributed by atoms with Gasteiger partial charge in [0.05, 0.1) is 49.4 Å². The summed E-state index contributed by atoms with van der Waals surface area (Å²) in [6.45, 7) is 6.69. The van der Waals surface area contributed by atoms with Gasteiger partial charge in [0.1, 0.15) is 23.3 Å². The Hall–Kier alpha value is -9.73. The summed E-state index contributed by atoms with van der Waals surface area (Å²) in [6.07, 6.45) is 11.7. The topological polar surface area (TPSA) is 212 Å². The molecule has 2 amide bonds. The molecule has 0 fully saturated rings. The van der Waals surface area contributed by atoms with Crippen molar-refractivity contribution in [3.05, 3.63) is 153 Å². The summed E-state index contributed by atoms with van der Waals surface area (Å²) in [5.41, 5.74) is 2.99. The number of carbonyl (C=O) groups excluding carboxylic acids is 2. The van der Waals surface area contributed by atoms with Gasteiger partial charge in [-0.05, 0) is 83.9 Å². The SMILES string of the molecule is C=CC(=O)Nc1ccc(F)c(Nc2nc(Nc3cnn(C)c3)ncc2-c2ccc(OC)c(OCN(C(=O)C=C)c3ccc(F)c(Nc4nc(Nc5cnn(C)c5)ncc4-c4ccc(OC)c(F)c4)c3)c2)c1. The predicted octanol–water partition coefficient (Wildman–Crippen LogP) is 9.16. The lowest BCUT2D eigenvalue weighted by Gasteiger charge is -2.24. The van der Waals surface area contributed by atoms with Crippen molar-refractivity contribution in [1.29, 1.82) is 0 Å². The smallest absolute Gasteiger partial charge is 0.253 e. The van der Waals surface area contributed by atoms with E-state index in [0.717, 1.165) is 18.2 Å². The van der Waals surface area contributed by atoms with Crippen LogP contribution in [0.4, 0.5) is 70.8 Å². The molecule has 0 saturated carbocycles. The molecule has 0 spiro atoms. The number of halogens is 3. The Labute approximate surface area is 403 Å². The lowest BCUT2D eigenvalue weighted by molar-refractivity contribution is -0.115. The molecular weight excluding hydrogens is 922 g/mol. The third-order valence-electron chi connectivity index (χ3n) is 10.4. The molecule has 0 bridgehead atoms. The second kappa shape index (κ2) is 21.1. The first-order valence-corrected chi connectivity index (χ1v) is 21.2. The summed E-state index contributed by atoms with van der Waals surface area (Å²) in [5.74, 6) is -2.18. The number of amides is 2. The number of nitrogens with one attached hydrogen (secondary N) is 5. The van der Waals surface area contributed by atoms with Crippen LogP contribution in [0.2, 0.25) is 0 Å². The summed E-state index contributed by atoms with van der Waals surface area (Å²) < 4.78 is 66.5. The average molecular weight is 965 g/mol. The van der Waals surface area contributed by atoms with E-state index in [1.807, 2.05) is 0 Å². The van der Waals surface area contributed by atoms with Crippen LogP contribution in [0, 0.1) is 17.5 Å². The number of aromatic nitrogens is 8. The first-order valence-electron chi connectivity index (χ1n) is 21.2. The normalized spacial score (nSPS) is 10.7. The number of aryl methyl sites for hydroxylation is 2. The summed E-state index contributed by atoms with van der Waals surface area (Å²) in [7, 11) is 6.27. The zero-order chi connectivity index (χ0) is 50.2. The molecule has 8 rings (SSSR count). The molecule has 71 heavy (non-hydrogen) atoms. The van der Waals surface area contributed by atoms with Crippen molar-refractivity contribution in [1.82, 2.24) is 39.5 Å². The number of ether oxygens (including phenoxy) is 3. The van der Waals surface area contributed by atoms with E-state index in [1.165, 1.54) is 74.0 Å². The number of rotatable bonds is 19. The van der Waals surface area contributed by atoms with Crippen LogP contribution >= 0.6 is 0 Å². The fourth-order valence-electron chi connectivity index (χ4n) is 6.95. The molecule has 0 atom stereocenters. The maximum atomic E-state index is 15.9. The Morgan fingerprint density at radius 3 is 1.73 bits per heavy atom. The third-order valence-corrected chi connectivity index (χ3v) is 10.4. The monoisotopic (exact) mass is 964 g/mol. The largest absolute Gasteiger partial charge is 0.494 e. The molecule has 22 heteroatoms. The van der Waals surface area contributed by atoms with Crippen molar-refractivity contribution in [2.45, 2.75) is 0 Å². The van der Waals surface area contributed by atoms with Gasteiger partial charge in [0.2, 0.25) is 17.8 Å². The fraction of sp³-hybridized carbons (Fsp3) is 0.102. The molecule has 19 nitrogen and oxygen atoms in total. The molecule has 4 aromatic heterocycles. The Morgan fingerprint density at radius 1 is 0.634 bits per heavy atom. The van der Waals surface area contributed by atoms with Gasteiger partial charge in [0, 0.05) is 61.4 Å². The molecule has 5 N–H and O–H groups in total. The third kappa shape index (κ3) is 11.2. The summed E-state index contributed by atoms with van der Waals surface area (Å²) >= 11 is 0. The van der Waals surface area contributed by atoms with E-state index in [-0.39, 0.29) is 63.5 Å². The molecule has 0 radical (unpaired) electrons. The minimum Gasteiger partial charge on any atom is -0.494 e. The van der Waals surface area contributed by atoms with E-state index < -0.39 is 36.0 Å². The van der Waals surface area contributed by atoms with Gasteiger partial charge < -0.3 is 40.8 Å². The minimum atomic E-state index is -0.719. The van der Waals surface area contributed by atoms with Crippen molar-refractivity contribution < 1.29 is 37.0 Å². The van der Waals surface area contributed by atoms with E-state index in [9.17, 15) is 9.59 Å². The van der Waals surface area contributed by atoms with E-state index in [0.29, 0.717) is 33.6 Å². The van der Waals surface area contributed by atoms with Crippen LogP contribution in [-0.4, -0.2) is 72.3 Å². The van der Waals surface area contributed by atoms with Crippen LogP contribution in [-0.2, 0) is 23.7 Å². The van der Waals surface area contributed by atoms with Crippen molar-refractivity contribution in [3.63, 3.8) is 0 Å². The van der Waals surface area contributed by atoms with E-state index in [1.54, 1.807) is 72.5 Å². The van der Waals surface area contributed by atoms with Gasteiger partial charge in [-0.1, -0.05) is 25.3 Å². The van der Waals surface area contributed by atoms with Crippen LogP contribution < -0.4 is 45.7 Å². The lowest BCUT2D eigenvalue weighted by atomic mass is 10.1. The predicted molar refractivity (Wildman–Crippen MR) is 262 cm³/mol. The lowest BCUT2D eigenvalue weighted by Crippen LogP contribution is -2.33.